The van der Waals surface area contributed by atoms with Gasteiger partial charge in [-0.3, -0.25) is 4.99 Å². The molecule has 1 atom stereocenters. The topological polar surface area (TPSA) is 56.7 Å². The minimum atomic E-state index is -4.59. The molecule has 1 aliphatic carbocycles. The van der Waals surface area contributed by atoms with Gasteiger partial charge in [-0.15, -0.1) is 0 Å². The Morgan fingerprint density at radius 1 is 1.44 bits per heavy atom. The molecule has 1 aliphatic rings. The average molecular weight is 239 g/mol. The van der Waals surface area contributed by atoms with Crippen molar-refractivity contribution in [3.8, 4) is 0 Å². The lowest BCUT2D eigenvalue weighted by Gasteiger charge is -2.17. The summed E-state index contributed by atoms with van der Waals surface area (Å²) in [6, 6.07) is 0. The first-order chi connectivity index (χ1) is 7.43. The van der Waals surface area contributed by atoms with Crippen LogP contribution in [-0.2, 0) is 0 Å². The Morgan fingerprint density at radius 2 is 2.06 bits per heavy atom. The first kappa shape index (κ1) is 13.1. The second-order valence-corrected chi connectivity index (χ2v) is 3.83. The minimum absolute atomic E-state index is 0.287. The Labute approximate surface area is 91.9 Å². The number of hydrogen-bond acceptors (Lipinski definition) is 2. The zero-order valence-corrected chi connectivity index (χ0v) is 9.01. The molecule has 0 heterocycles. The SMILES string of the molecule is CN=C(NCC1CC1)NCC(O)C(F)(F)F. The normalized spacial score (nSPS) is 19.4. The third-order valence-corrected chi connectivity index (χ3v) is 2.32. The van der Waals surface area contributed by atoms with E-state index >= 15 is 0 Å². The molecule has 0 aromatic rings. The predicted octanol–water partition coefficient (Wildman–Crippen LogP) is 0.485. The van der Waals surface area contributed by atoms with E-state index in [1.54, 1.807) is 0 Å². The summed E-state index contributed by atoms with van der Waals surface area (Å²) in [6.45, 7) is 0.121. The highest BCUT2D eigenvalue weighted by atomic mass is 19.4. The van der Waals surface area contributed by atoms with Gasteiger partial charge in [-0.1, -0.05) is 0 Å². The van der Waals surface area contributed by atoms with Crippen LogP contribution in [0.3, 0.4) is 0 Å². The summed E-state index contributed by atoms with van der Waals surface area (Å²) in [5, 5.41) is 14.1. The largest absolute Gasteiger partial charge is 0.416 e. The van der Waals surface area contributed by atoms with Gasteiger partial charge in [-0.25, -0.2) is 0 Å². The molecule has 0 amide bonds. The van der Waals surface area contributed by atoms with Gasteiger partial charge in [0, 0.05) is 13.6 Å². The molecule has 1 fully saturated rings. The Bertz CT molecular complexity index is 251. The molecule has 16 heavy (non-hydrogen) atoms. The minimum Gasteiger partial charge on any atom is -0.382 e. The van der Waals surface area contributed by atoms with Crippen LogP contribution in [0, 0.1) is 5.92 Å². The lowest BCUT2D eigenvalue weighted by molar-refractivity contribution is -0.201. The number of guanidine groups is 1. The summed E-state index contributed by atoms with van der Waals surface area (Å²) in [5.41, 5.74) is 0. The Balaban J connectivity index is 2.22. The van der Waals surface area contributed by atoms with Crippen molar-refractivity contribution in [1.29, 1.82) is 0 Å². The maximum atomic E-state index is 12.0. The van der Waals surface area contributed by atoms with Crippen molar-refractivity contribution in [2.75, 3.05) is 20.1 Å². The lowest BCUT2D eigenvalue weighted by atomic mass is 10.3. The van der Waals surface area contributed by atoms with Crippen LogP contribution in [0.15, 0.2) is 4.99 Å². The van der Waals surface area contributed by atoms with Crippen LogP contribution in [-0.4, -0.2) is 43.5 Å². The number of hydrogen-bond donors (Lipinski definition) is 3. The Kier molecular flexibility index (Phi) is 4.40. The highest BCUT2D eigenvalue weighted by Gasteiger charge is 2.38. The maximum absolute atomic E-state index is 12.0. The zero-order chi connectivity index (χ0) is 12.2. The van der Waals surface area contributed by atoms with Crippen LogP contribution >= 0.6 is 0 Å². The molecule has 7 heteroatoms. The summed E-state index contributed by atoms with van der Waals surface area (Å²) in [4.78, 5) is 3.76. The van der Waals surface area contributed by atoms with E-state index in [0.29, 0.717) is 12.5 Å². The summed E-state index contributed by atoms with van der Waals surface area (Å²) < 4.78 is 35.9. The number of halogens is 3. The van der Waals surface area contributed by atoms with Crippen LogP contribution in [0.5, 0.6) is 0 Å². The molecule has 1 unspecified atom stereocenters. The van der Waals surface area contributed by atoms with Gasteiger partial charge in [0.2, 0.25) is 0 Å². The molecule has 1 saturated carbocycles. The fourth-order valence-corrected chi connectivity index (χ4v) is 1.09. The quantitative estimate of drug-likeness (QED) is 0.494. The number of aliphatic imine (C=N–C) groups is 1. The average Bonchev–Trinajstić information content (AvgIpc) is 3.00. The van der Waals surface area contributed by atoms with Gasteiger partial charge in [0.1, 0.15) is 0 Å². The van der Waals surface area contributed by atoms with Crippen molar-refractivity contribution < 1.29 is 18.3 Å². The maximum Gasteiger partial charge on any atom is 0.416 e. The van der Waals surface area contributed by atoms with E-state index in [-0.39, 0.29) is 5.96 Å². The molecule has 0 spiro atoms. The van der Waals surface area contributed by atoms with Crippen molar-refractivity contribution in [3.05, 3.63) is 0 Å². The second-order valence-electron chi connectivity index (χ2n) is 3.83. The standard InChI is InChI=1S/C9H16F3N3O/c1-13-8(14-4-6-2-3-6)15-5-7(16)9(10,11)12/h6-7,16H,2-5H2,1H3,(H2,13,14,15). The van der Waals surface area contributed by atoms with E-state index < -0.39 is 18.8 Å². The van der Waals surface area contributed by atoms with Gasteiger partial charge >= 0.3 is 6.18 Å². The number of aliphatic hydroxyl groups excluding tert-OH is 1. The monoisotopic (exact) mass is 239 g/mol. The van der Waals surface area contributed by atoms with E-state index in [9.17, 15) is 13.2 Å². The highest BCUT2D eigenvalue weighted by molar-refractivity contribution is 5.79. The van der Waals surface area contributed by atoms with Crippen LogP contribution < -0.4 is 10.6 Å². The van der Waals surface area contributed by atoms with Gasteiger partial charge < -0.3 is 15.7 Å². The summed E-state index contributed by atoms with van der Waals surface area (Å²) in [6.07, 6.45) is -4.67. The van der Waals surface area contributed by atoms with E-state index in [1.165, 1.54) is 7.05 Å². The zero-order valence-electron chi connectivity index (χ0n) is 9.01. The number of nitrogens with zero attached hydrogens (tertiary/aromatic N) is 1. The van der Waals surface area contributed by atoms with Crippen molar-refractivity contribution in [3.63, 3.8) is 0 Å². The third-order valence-electron chi connectivity index (χ3n) is 2.32. The molecule has 0 bridgehead atoms. The van der Waals surface area contributed by atoms with Gasteiger partial charge in [-0.05, 0) is 18.8 Å². The highest BCUT2D eigenvalue weighted by Crippen LogP contribution is 2.27. The number of aliphatic hydroxyl groups is 1. The van der Waals surface area contributed by atoms with Crippen molar-refractivity contribution in [2.24, 2.45) is 10.9 Å². The second kappa shape index (κ2) is 5.38. The van der Waals surface area contributed by atoms with Crippen molar-refractivity contribution >= 4 is 5.96 Å². The molecule has 4 nitrogen and oxygen atoms in total. The molecular weight excluding hydrogens is 223 g/mol. The smallest absolute Gasteiger partial charge is 0.382 e. The summed E-state index contributed by atoms with van der Waals surface area (Å²) in [7, 11) is 1.47. The summed E-state index contributed by atoms with van der Waals surface area (Å²) in [5.74, 6) is 0.890. The van der Waals surface area contributed by atoms with Gasteiger partial charge in [0.05, 0.1) is 6.54 Å². The molecule has 0 radical (unpaired) electrons. The third kappa shape index (κ3) is 4.69. The first-order valence-corrected chi connectivity index (χ1v) is 5.12. The van der Waals surface area contributed by atoms with Crippen LogP contribution in [0.4, 0.5) is 13.2 Å². The molecule has 1 rings (SSSR count). The fourth-order valence-electron chi connectivity index (χ4n) is 1.09. The van der Waals surface area contributed by atoms with Crippen LogP contribution in [0.1, 0.15) is 12.8 Å². The van der Waals surface area contributed by atoms with E-state index in [0.717, 1.165) is 12.8 Å². The van der Waals surface area contributed by atoms with E-state index in [1.807, 2.05) is 0 Å². The van der Waals surface area contributed by atoms with Gasteiger partial charge in [0.15, 0.2) is 12.1 Å². The number of alkyl halides is 3. The predicted molar refractivity (Wildman–Crippen MR) is 54.2 cm³/mol. The molecule has 3 N–H and O–H groups in total. The Morgan fingerprint density at radius 3 is 2.50 bits per heavy atom. The Hall–Kier alpha value is -0.980. The molecule has 94 valence electrons. The van der Waals surface area contributed by atoms with E-state index in [4.69, 9.17) is 5.11 Å². The van der Waals surface area contributed by atoms with Crippen molar-refractivity contribution in [2.45, 2.75) is 25.1 Å². The number of nitrogens with one attached hydrogen (secondary N) is 2. The first-order valence-electron chi connectivity index (χ1n) is 5.12. The van der Waals surface area contributed by atoms with Gasteiger partial charge in [0.25, 0.3) is 0 Å². The van der Waals surface area contributed by atoms with Gasteiger partial charge in [-0.2, -0.15) is 13.2 Å². The van der Waals surface area contributed by atoms with E-state index in [2.05, 4.69) is 15.6 Å². The molecule has 0 aromatic carbocycles. The molecule has 0 aliphatic heterocycles. The lowest BCUT2D eigenvalue weighted by Crippen LogP contribution is -2.45. The molecule has 0 aromatic heterocycles. The van der Waals surface area contributed by atoms with Crippen LogP contribution in [0.25, 0.3) is 0 Å². The summed E-state index contributed by atoms with van der Waals surface area (Å²) >= 11 is 0. The number of rotatable bonds is 4. The van der Waals surface area contributed by atoms with Crippen LogP contribution in [0.2, 0.25) is 0 Å². The molecular formula is C9H16F3N3O. The van der Waals surface area contributed by atoms with Crippen molar-refractivity contribution in [1.82, 2.24) is 10.6 Å². The fraction of sp³-hybridized carbons (Fsp3) is 0.889. The molecule has 0 saturated heterocycles.